The molecule has 1 aliphatic heterocycles. The second kappa shape index (κ2) is 6.17. The Morgan fingerprint density at radius 3 is 2.77 bits per heavy atom. The van der Waals surface area contributed by atoms with Crippen LogP contribution in [0.5, 0.6) is 5.75 Å². The van der Waals surface area contributed by atoms with Crippen LogP contribution in [-0.4, -0.2) is 41.1 Å². The normalized spacial score (nSPS) is 18.0. The number of aromatic nitrogens is 2. The van der Waals surface area contributed by atoms with Crippen molar-refractivity contribution in [2.75, 3.05) is 20.2 Å². The van der Waals surface area contributed by atoms with Crippen molar-refractivity contribution >= 4 is 5.91 Å². The molecule has 1 amide bonds. The van der Waals surface area contributed by atoms with Crippen LogP contribution in [0, 0.1) is 0 Å². The molecule has 1 aromatic heterocycles. The van der Waals surface area contributed by atoms with Crippen molar-refractivity contribution in [1.29, 1.82) is 0 Å². The maximum absolute atomic E-state index is 11.8. The number of likely N-dealkylation sites (N-methyl/N-ethyl adjacent to an activating group) is 1. The molecule has 1 atom stereocenters. The molecular weight excluding hydrogens is 282 g/mol. The van der Waals surface area contributed by atoms with Crippen LogP contribution in [0.3, 0.4) is 0 Å². The zero-order chi connectivity index (χ0) is 15.5. The van der Waals surface area contributed by atoms with Crippen molar-refractivity contribution in [2.45, 2.75) is 25.7 Å². The molecule has 1 aliphatic rings. The van der Waals surface area contributed by atoms with Gasteiger partial charge < -0.3 is 14.2 Å². The lowest BCUT2D eigenvalue weighted by atomic mass is 10.1. The Labute approximate surface area is 129 Å². The van der Waals surface area contributed by atoms with Crippen LogP contribution in [0.25, 0.3) is 0 Å². The maximum atomic E-state index is 11.8. The molecule has 22 heavy (non-hydrogen) atoms. The summed E-state index contributed by atoms with van der Waals surface area (Å²) in [5.41, 5.74) is 1.09. The summed E-state index contributed by atoms with van der Waals surface area (Å²) in [5.74, 6) is 2.20. The summed E-state index contributed by atoms with van der Waals surface area (Å²) in [6.45, 7) is 3.37. The van der Waals surface area contributed by atoms with E-state index in [9.17, 15) is 4.79 Å². The van der Waals surface area contributed by atoms with Crippen LogP contribution in [-0.2, 0) is 11.2 Å². The fraction of sp³-hybridized carbons (Fsp3) is 0.438. The fourth-order valence-electron chi connectivity index (χ4n) is 2.67. The standard InChI is InChI=1S/C16H19N3O3/c1-3-19-10-12(9-15(19)20)16-17-14(18-22-16)8-11-4-6-13(21-2)7-5-11/h4-7,12H,3,8-10H2,1-2H3/t12-/m0/s1. The van der Waals surface area contributed by atoms with Crippen molar-refractivity contribution in [3.63, 3.8) is 0 Å². The molecule has 2 heterocycles. The minimum absolute atomic E-state index is 0.0181. The average Bonchev–Trinajstić information content (AvgIpc) is 3.14. The highest BCUT2D eigenvalue weighted by atomic mass is 16.5. The van der Waals surface area contributed by atoms with Gasteiger partial charge in [0.25, 0.3) is 0 Å². The SMILES string of the molecule is CCN1C[C@@H](c2nc(Cc3ccc(OC)cc3)no2)CC1=O. The predicted octanol–water partition coefficient (Wildman–Crippen LogP) is 2.00. The van der Waals surface area contributed by atoms with Gasteiger partial charge in [-0.15, -0.1) is 0 Å². The van der Waals surface area contributed by atoms with Gasteiger partial charge in [0.1, 0.15) is 5.75 Å². The van der Waals surface area contributed by atoms with Crippen LogP contribution < -0.4 is 4.74 Å². The van der Waals surface area contributed by atoms with E-state index < -0.39 is 0 Å². The number of nitrogens with zero attached hydrogens (tertiary/aromatic N) is 3. The zero-order valence-corrected chi connectivity index (χ0v) is 12.8. The Bertz CT molecular complexity index is 651. The molecule has 0 radical (unpaired) electrons. The molecule has 0 bridgehead atoms. The van der Waals surface area contributed by atoms with E-state index in [1.54, 1.807) is 7.11 Å². The highest BCUT2D eigenvalue weighted by molar-refractivity contribution is 5.79. The van der Waals surface area contributed by atoms with Crippen molar-refractivity contribution in [3.8, 4) is 5.75 Å². The third-order valence-corrected chi connectivity index (χ3v) is 3.95. The second-order valence-electron chi connectivity index (χ2n) is 5.41. The highest BCUT2D eigenvalue weighted by Crippen LogP contribution is 2.27. The first-order valence-electron chi connectivity index (χ1n) is 7.42. The van der Waals surface area contributed by atoms with E-state index >= 15 is 0 Å². The van der Waals surface area contributed by atoms with E-state index in [4.69, 9.17) is 9.26 Å². The van der Waals surface area contributed by atoms with Crippen LogP contribution in [0.1, 0.15) is 36.5 Å². The number of methoxy groups -OCH3 is 1. The lowest BCUT2D eigenvalue weighted by Crippen LogP contribution is -2.24. The van der Waals surface area contributed by atoms with Crippen molar-refractivity contribution in [3.05, 3.63) is 41.5 Å². The summed E-state index contributed by atoms with van der Waals surface area (Å²) in [5, 5.41) is 4.03. The molecule has 0 saturated carbocycles. The van der Waals surface area contributed by atoms with Gasteiger partial charge >= 0.3 is 0 Å². The highest BCUT2D eigenvalue weighted by Gasteiger charge is 2.33. The van der Waals surface area contributed by atoms with Gasteiger partial charge in [0.15, 0.2) is 5.82 Å². The first-order valence-corrected chi connectivity index (χ1v) is 7.42. The van der Waals surface area contributed by atoms with Gasteiger partial charge in [-0.3, -0.25) is 4.79 Å². The Morgan fingerprint density at radius 2 is 2.14 bits per heavy atom. The number of carbonyl (C=O) groups is 1. The Balaban J connectivity index is 1.67. The lowest BCUT2D eigenvalue weighted by molar-refractivity contribution is -0.127. The number of ether oxygens (including phenoxy) is 1. The van der Waals surface area contributed by atoms with Gasteiger partial charge in [0.2, 0.25) is 11.8 Å². The van der Waals surface area contributed by atoms with E-state index in [1.807, 2.05) is 36.1 Å². The number of hydrogen-bond donors (Lipinski definition) is 0. The number of carbonyl (C=O) groups excluding carboxylic acids is 1. The Kier molecular flexibility index (Phi) is 4.09. The van der Waals surface area contributed by atoms with Gasteiger partial charge in [-0.05, 0) is 24.6 Å². The number of hydrogen-bond acceptors (Lipinski definition) is 5. The number of rotatable bonds is 5. The zero-order valence-electron chi connectivity index (χ0n) is 12.8. The fourth-order valence-corrected chi connectivity index (χ4v) is 2.67. The largest absolute Gasteiger partial charge is 0.497 e. The van der Waals surface area contributed by atoms with Crippen LogP contribution in [0.15, 0.2) is 28.8 Å². The summed E-state index contributed by atoms with van der Waals surface area (Å²) in [6, 6.07) is 7.77. The third kappa shape index (κ3) is 2.95. The van der Waals surface area contributed by atoms with Crippen molar-refractivity contribution in [2.24, 2.45) is 0 Å². The molecule has 0 unspecified atom stereocenters. The second-order valence-corrected chi connectivity index (χ2v) is 5.41. The van der Waals surface area contributed by atoms with Gasteiger partial charge in [0.05, 0.1) is 13.0 Å². The number of amides is 1. The number of benzene rings is 1. The molecule has 2 aromatic rings. The molecule has 116 valence electrons. The molecule has 3 rings (SSSR count). The quantitative estimate of drug-likeness (QED) is 0.845. The molecule has 0 N–H and O–H groups in total. The van der Waals surface area contributed by atoms with E-state index in [2.05, 4.69) is 10.1 Å². The smallest absolute Gasteiger partial charge is 0.232 e. The molecule has 6 nitrogen and oxygen atoms in total. The average molecular weight is 301 g/mol. The molecular formula is C16H19N3O3. The van der Waals surface area contributed by atoms with E-state index in [0.29, 0.717) is 31.1 Å². The Morgan fingerprint density at radius 1 is 1.36 bits per heavy atom. The van der Waals surface area contributed by atoms with Gasteiger partial charge in [-0.25, -0.2) is 0 Å². The monoisotopic (exact) mass is 301 g/mol. The summed E-state index contributed by atoms with van der Waals surface area (Å²) in [7, 11) is 1.64. The predicted molar refractivity (Wildman–Crippen MR) is 79.7 cm³/mol. The molecule has 1 fully saturated rings. The summed E-state index contributed by atoms with van der Waals surface area (Å²) in [4.78, 5) is 18.0. The van der Waals surface area contributed by atoms with Crippen LogP contribution in [0.2, 0.25) is 0 Å². The maximum Gasteiger partial charge on any atom is 0.232 e. The van der Waals surface area contributed by atoms with Crippen molar-refractivity contribution < 1.29 is 14.1 Å². The van der Waals surface area contributed by atoms with E-state index in [0.717, 1.165) is 17.9 Å². The lowest BCUT2D eigenvalue weighted by Gasteiger charge is -2.11. The molecule has 6 heteroatoms. The van der Waals surface area contributed by atoms with Gasteiger partial charge in [-0.1, -0.05) is 17.3 Å². The Hall–Kier alpha value is -2.37. The van der Waals surface area contributed by atoms with Crippen molar-refractivity contribution in [1.82, 2.24) is 15.0 Å². The summed E-state index contributed by atoms with van der Waals surface area (Å²) < 4.78 is 10.5. The topological polar surface area (TPSA) is 68.5 Å². The minimum atomic E-state index is 0.0181. The molecule has 1 saturated heterocycles. The molecule has 0 aliphatic carbocycles. The van der Waals surface area contributed by atoms with Crippen LogP contribution in [0.4, 0.5) is 0 Å². The van der Waals surface area contributed by atoms with E-state index in [1.165, 1.54) is 0 Å². The molecule has 1 aromatic carbocycles. The molecule has 0 spiro atoms. The summed E-state index contributed by atoms with van der Waals surface area (Å²) in [6.07, 6.45) is 1.06. The van der Waals surface area contributed by atoms with Crippen LogP contribution >= 0.6 is 0 Å². The minimum Gasteiger partial charge on any atom is -0.497 e. The first-order chi connectivity index (χ1) is 10.7. The summed E-state index contributed by atoms with van der Waals surface area (Å²) >= 11 is 0. The third-order valence-electron chi connectivity index (χ3n) is 3.95. The number of likely N-dealkylation sites (tertiary alicyclic amines) is 1. The van der Waals surface area contributed by atoms with Gasteiger partial charge in [0, 0.05) is 25.9 Å². The van der Waals surface area contributed by atoms with E-state index in [-0.39, 0.29) is 11.8 Å². The van der Waals surface area contributed by atoms with Gasteiger partial charge in [-0.2, -0.15) is 4.98 Å². The first kappa shape index (κ1) is 14.6.